The highest BCUT2D eigenvalue weighted by Gasteiger charge is 2.21. The molecule has 74 valence electrons. The second kappa shape index (κ2) is 3.96. The summed E-state index contributed by atoms with van der Waals surface area (Å²) in [6.07, 6.45) is 10.8. The van der Waals surface area contributed by atoms with Gasteiger partial charge < -0.3 is 9.97 Å². The third-order valence-electron chi connectivity index (χ3n) is 2.74. The third kappa shape index (κ3) is 1.73. The molecule has 0 fully saturated rings. The summed E-state index contributed by atoms with van der Waals surface area (Å²) >= 11 is 5.01. The summed E-state index contributed by atoms with van der Waals surface area (Å²) in [4.78, 5) is 6.15. The zero-order valence-electron chi connectivity index (χ0n) is 7.99. The van der Waals surface area contributed by atoms with Gasteiger partial charge in [0.25, 0.3) is 0 Å². The maximum Gasteiger partial charge on any atom is 0.174 e. The Morgan fingerprint density at radius 2 is 2.50 bits per heavy atom. The molecule has 2 atom stereocenters. The van der Waals surface area contributed by atoms with Gasteiger partial charge in [-0.15, -0.1) is 6.58 Å². The highest BCUT2D eigenvalue weighted by molar-refractivity contribution is 7.71. The Morgan fingerprint density at radius 3 is 3.00 bits per heavy atom. The van der Waals surface area contributed by atoms with E-state index in [1.165, 1.54) is 12.8 Å². The van der Waals surface area contributed by atoms with Crippen LogP contribution in [0.2, 0.25) is 0 Å². The van der Waals surface area contributed by atoms with Gasteiger partial charge in [0.1, 0.15) is 0 Å². The van der Waals surface area contributed by atoms with Gasteiger partial charge in [0.05, 0.1) is 0 Å². The fraction of sp³-hybridized carbons (Fsp3) is 0.364. The van der Waals surface area contributed by atoms with Crippen molar-refractivity contribution in [2.24, 2.45) is 5.92 Å². The monoisotopic (exact) mass is 206 g/mol. The summed E-state index contributed by atoms with van der Waals surface area (Å²) in [5.41, 5.74) is 1.14. The first-order valence-electron chi connectivity index (χ1n) is 4.88. The lowest BCUT2D eigenvalue weighted by Gasteiger charge is -2.16. The molecule has 2 rings (SSSR count). The third-order valence-corrected chi connectivity index (χ3v) is 2.96. The second-order valence-electron chi connectivity index (χ2n) is 3.63. The summed E-state index contributed by atoms with van der Waals surface area (Å²) in [6.45, 7) is 3.89. The van der Waals surface area contributed by atoms with E-state index in [1.807, 2.05) is 12.3 Å². The minimum atomic E-state index is 0.363. The molecule has 2 nitrogen and oxygen atoms in total. The van der Waals surface area contributed by atoms with Crippen LogP contribution in [0.25, 0.3) is 0 Å². The van der Waals surface area contributed by atoms with Crippen LogP contribution in [-0.4, -0.2) is 9.97 Å². The van der Waals surface area contributed by atoms with Gasteiger partial charge in [-0.3, -0.25) is 0 Å². The minimum absolute atomic E-state index is 0.363. The molecule has 1 heterocycles. The molecule has 2 N–H and O–H groups in total. The first-order valence-corrected chi connectivity index (χ1v) is 5.29. The molecule has 1 aliphatic carbocycles. The Morgan fingerprint density at radius 1 is 1.64 bits per heavy atom. The van der Waals surface area contributed by atoms with Crippen molar-refractivity contribution in [3.8, 4) is 0 Å². The summed E-state index contributed by atoms with van der Waals surface area (Å²) in [6, 6.07) is 0. The number of hydrogen-bond donors (Lipinski definition) is 2. The van der Waals surface area contributed by atoms with Crippen molar-refractivity contribution >= 4 is 12.2 Å². The molecule has 14 heavy (non-hydrogen) atoms. The lowest BCUT2D eigenvalue weighted by molar-refractivity contribution is 0.562. The number of hydrogen-bond acceptors (Lipinski definition) is 1. The van der Waals surface area contributed by atoms with Crippen LogP contribution in [0, 0.1) is 10.7 Å². The van der Waals surface area contributed by atoms with Crippen molar-refractivity contribution in [2.75, 3.05) is 0 Å². The predicted molar refractivity (Wildman–Crippen MR) is 60.8 cm³/mol. The zero-order chi connectivity index (χ0) is 9.97. The molecule has 0 aromatic carbocycles. The van der Waals surface area contributed by atoms with Crippen LogP contribution >= 0.6 is 12.2 Å². The van der Waals surface area contributed by atoms with Gasteiger partial charge in [-0.1, -0.05) is 18.2 Å². The lowest BCUT2D eigenvalue weighted by atomic mass is 9.89. The highest BCUT2D eigenvalue weighted by atomic mass is 32.1. The van der Waals surface area contributed by atoms with Crippen molar-refractivity contribution in [3.63, 3.8) is 0 Å². The fourth-order valence-electron chi connectivity index (χ4n) is 2.01. The smallest absolute Gasteiger partial charge is 0.174 e. The molecule has 0 saturated heterocycles. The fourth-order valence-corrected chi connectivity index (χ4v) is 2.19. The molecule has 0 aliphatic heterocycles. The van der Waals surface area contributed by atoms with E-state index in [4.69, 9.17) is 12.2 Å². The Hall–Kier alpha value is -1.09. The summed E-state index contributed by atoms with van der Waals surface area (Å²) in [7, 11) is 0. The van der Waals surface area contributed by atoms with E-state index in [-0.39, 0.29) is 0 Å². The maximum atomic E-state index is 5.01. The summed E-state index contributed by atoms with van der Waals surface area (Å²) in [5.74, 6) is 0.940. The molecule has 0 bridgehead atoms. The van der Waals surface area contributed by atoms with E-state index in [0.717, 1.165) is 5.69 Å². The number of aromatic amines is 2. The summed E-state index contributed by atoms with van der Waals surface area (Å²) < 4.78 is 0.689. The van der Waals surface area contributed by atoms with Gasteiger partial charge in [0.2, 0.25) is 0 Å². The normalized spacial score (nSPS) is 22.4. The van der Waals surface area contributed by atoms with Gasteiger partial charge in [-0.05, 0) is 31.0 Å². The van der Waals surface area contributed by atoms with Crippen LogP contribution in [0.4, 0.5) is 0 Å². The number of imidazole rings is 1. The number of allylic oxidation sites excluding steroid dienone is 3. The number of rotatable bonds is 3. The largest absolute Gasteiger partial charge is 0.337 e. The molecular formula is C11H14N2S. The lowest BCUT2D eigenvalue weighted by Crippen LogP contribution is -2.06. The van der Waals surface area contributed by atoms with Crippen molar-refractivity contribution in [3.05, 3.63) is 41.5 Å². The van der Waals surface area contributed by atoms with E-state index in [0.29, 0.717) is 16.6 Å². The van der Waals surface area contributed by atoms with Crippen molar-refractivity contribution in [1.82, 2.24) is 9.97 Å². The standard InChI is InChI=1S/C11H14N2S/c1-2-9(8-5-3-4-6-8)10-7-12-11(14)13-10/h2-3,5,7-9H,1,4,6H2,(H2,12,13,14). The first-order chi connectivity index (χ1) is 6.81. The molecule has 1 aromatic heterocycles. The number of H-pyrrole nitrogens is 2. The number of nitrogens with one attached hydrogen (secondary N) is 2. The van der Waals surface area contributed by atoms with Gasteiger partial charge in [0, 0.05) is 17.8 Å². The Kier molecular flexibility index (Phi) is 2.68. The van der Waals surface area contributed by atoms with E-state index < -0.39 is 0 Å². The topological polar surface area (TPSA) is 31.6 Å². The molecule has 0 spiro atoms. The van der Waals surface area contributed by atoms with Crippen molar-refractivity contribution < 1.29 is 0 Å². The van der Waals surface area contributed by atoms with Crippen LogP contribution in [-0.2, 0) is 0 Å². The van der Waals surface area contributed by atoms with E-state index in [1.54, 1.807) is 0 Å². The van der Waals surface area contributed by atoms with Crippen molar-refractivity contribution in [1.29, 1.82) is 0 Å². The molecule has 0 saturated carbocycles. The van der Waals surface area contributed by atoms with E-state index >= 15 is 0 Å². The second-order valence-corrected chi connectivity index (χ2v) is 4.04. The van der Waals surface area contributed by atoms with Gasteiger partial charge in [-0.25, -0.2) is 0 Å². The first kappa shape index (κ1) is 9.46. The van der Waals surface area contributed by atoms with Gasteiger partial charge in [0.15, 0.2) is 4.77 Å². The quantitative estimate of drug-likeness (QED) is 0.577. The summed E-state index contributed by atoms with van der Waals surface area (Å²) in [5, 5.41) is 0. The maximum absolute atomic E-state index is 5.01. The predicted octanol–water partition coefficient (Wildman–Crippen LogP) is 3.31. The van der Waals surface area contributed by atoms with Crippen LogP contribution in [0.1, 0.15) is 24.5 Å². The molecule has 1 aliphatic rings. The highest BCUT2D eigenvalue weighted by Crippen LogP contribution is 2.32. The van der Waals surface area contributed by atoms with Gasteiger partial charge in [-0.2, -0.15) is 0 Å². The average Bonchev–Trinajstić information content (AvgIpc) is 2.79. The molecule has 2 unspecified atom stereocenters. The Balaban J connectivity index is 2.24. The van der Waals surface area contributed by atoms with E-state index in [2.05, 4.69) is 28.7 Å². The van der Waals surface area contributed by atoms with E-state index in [9.17, 15) is 0 Å². The Labute approximate surface area is 88.8 Å². The van der Waals surface area contributed by atoms with Crippen molar-refractivity contribution in [2.45, 2.75) is 18.8 Å². The SMILES string of the molecule is C=CC(c1c[nH]c(=S)[nH]1)C1C=CCC1. The zero-order valence-corrected chi connectivity index (χ0v) is 8.81. The van der Waals surface area contributed by atoms with Gasteiger partial charge >= 0.3 is 0 Å². The molecular weight excluding hydrogens is 192 g/mol. The average molecular weight is 206 g/mol. The van der Waals surface area contributed by atoms with Crippen LogP contribution in [0.5, 0.6) is 0 Å². The molecule has 3 heteroatoms. The Bertz CT molecular complexity index is 399. The molecule has 0 amide bonds. The minimum Gasteiger partial charge on any atom is -0.337 e. The van der Waals surface area contributed by atoms with Crippen LogP contribution in [0.3, 0.4) is 0 Å². The molecule has 1 aromatic rings. The van der Waals surface area contributed by atoms with Crippen LogP contribution < -0.4 is 0 Å². The van der Waals surface area contributed by atoms with Crippen LogP contribution in [0.15, 0.2) is 31.0 Å². The molecule has 0 radical (unpaired) electrons. The number of aromatic nitrogens is 2.